The van der Waals surface area contributed by atoms with Gasteiger partial charge in [-0.05, 0) is 37.6 Å². The summed E-state index contributed by atoms with van der Waals surface area (Å²) < 4.78 is 5.37. The first-order valence-electron chi connectivity index (χ1n) is 8.30. The Kier molecular flexibility index (Phi) is 4.01. The summed E-state index contributed by atoms with van der Waals surface area (Å²) in [4.78, 5) is 23.0. The van der Waals surface area contributed by atoms with Crippen LogP contribution in [0.5, 0.6) is 0 Å². The molecule has 6 heteroatoms. The Morgan fingerprint density at radius 3 is 2.88 bits per heavy atom. The van der Waals surface area contributed by atoms with Crippen molar-refractivity contribution in [3.8, 4) is 11.5 Å². The van der Waals surface area contributed by atoms with E-state index >= 15 is 0 Å². The molecule has 1 fully saturated rings. The number of hydrogen-bond donors (Lipinski definition) is 0. The quantitative estimate of drug-likeness (QED) is 0.736. The van der Waals surface area contributed by atoms with Crippen LogP contribution in [0.2, 0.25) is 0 Å². The number of likely N-dealkylation sites (tertiary alicyclic amines) is 1. The van der Waals surface area contributed by atoms with Crippen molar-refractivity contribution >= 4 is 5.91 Å². The van der Waals surface area contributed by atoms with Crippen molar-refractivity contribution in [2.45, 2.75) is 19.3 Å². The highest BCUT2D eigenvalue weighted by molar-refractivity contribution is 5.94. The Labute approximate surface area is 145 Å². The van der Waals surface area contributed by atoms with Crippen molar-refractivity contribution in [1.29, 1.82) is 0 Å². The van der Waals surface area contributed by atoms with Gasteiger partial charge in [-0.25, -0.2) is 0 Å². The van der Waals surface area contributed by atoms with Gasteiger partial charge in [0.1, 0.15) is 0 Å². The van der Waals surface area contributed by atoms with Gasteiger partial charge in [-0.1, -0.05) is 22.9 Å². The van der Waals surface area contributed by atoms with E-state index < -0.39 is 0 Å². The lowest BCUT2D eigenvalue weighted by atomic mass is 10.1. The third-order valence-electron chi connectivity index (χ3n) is 4.47. The van der Waals surface area contributed by atoms with Crippen molar-refractivity contribution in [3.63, 3.8) is 0 Å². The molecule has 0 aliphatic carbocycles. The summed E-state index contributed by atoms with van der Waals surface area (Å²) in [7, 11) is 0. The molecule has 1 saturated heterocycles. The van der Waals surface area contributed by atoms with Crippen LogP contribution in [0.25, 0.3) is 11.5 Å². The van der Waals surface area contributed by atoms with Gasteiger partial charge in [0, 0.05) is 42.5 Å². The predicted octanol–water partition coefficient (Wildman–Crippen LogP) is 3.07. The van der Waals surface area contributed by atoms with E-state index in [1.807, 2.05) is 48.2 Å². The van der Waals surface area contributed by atoms with E-state index in [9.17, 15) is 4.79 Å². The summed E-state index contributed by atoms with van der Waals surface area (Å²) in [5.74, 6) is 1.31. The molecule has 0 bridgehead atoms. The fourth-order valence-electron chi connectivity index (χ4n) is 3.13. The number of aromatic nitrogens is 3. The second-order valence-corrected chi connectivity index (χ2v) is 6.30. The summed E-state index contributed by atoms with van der Waals surface area (Å²) in [6, 6.07) is 11.4. The van der Waals surface area contributed by atoms with Crippen LogP contribution >= 0.6 is 0 Å². The summed E-state index contributed by atoms with van der Waals surface area (Å²) in [5.41, 5.74) is 2.66. The first-order chi connectivity index (χ1) is 12.2. The van der Waals surface area contributed by atoms with Gasteiger partial charge in [0.15, 0.2) is 5.82 Å². The highest BCUT2D eigenvalue weighted by Crippen LogP contribution is 2.28. The molecule has 1 atom stereocenters. The van der Waals surface area contributed by atoms with Crippen LogP contribution in [0.4, 0.5) is 0 Å². The fraction of sp³-hybridized carbons (Fsp3) is 0.263. The minimum atomic E-state index is 0.0593. The molecule has 0 radical (unpaired) electrons. The lowest BCUT2D eigenvalue weighted by molar-refractivity contribution is 0.0790. The number of benzene rings is 1. The van der Waals surface area contributed by atoms with Crippen molar-refractivity contribution in [1.82, 2.24) is 20.0 Å². The molecule has 3 heterocycles. The predicted molar refractivity (Wildman–Crippen MR) is 92.0 cm³/mol. The third kappa shape index (κ3) is 3.15. The molecule has 0 saturated carbocycles. The van der Waals surface area contributed by atoms with E-state index in [2.05, 4.69) is 15.1 Å². The van der Waals surface area contributed by atoms with Crippen molar-refractivity contribution < 1.29 is 9.32 Å². The minimum absolute atomic E-state index is 0.0593. The zero-order chi connectivity index (χ0) is 17.2. The van der Waals surface area contributed by atoms with Crippen LogP contribution in [0, 0.1) is 6.92 Å². The van der Waals surface area contributed by atoms with Crippen LogP contribution in [0.15, 0.2) is 53.3 Å². The number of hydrogen-bond acceptors (Lipinski definition) is 5. The molecule has 0 N–H and O–H groups in total. The molecular weight excluding hydrogens is 316 g/mol. The molecule has 4 rings (SSSR count). The van der Waals surface area contributed by atoms with E-state index in [4.69, 9.17) is 4.52 Å². The van der Waals surface area contributed by atoms with E-state index in [-0.39, 0.29) is 11.8 Å². The Morgan fingerprint density at radius 2 is 2.08 bits per heavy atom. The van der Waals surface area contributed by atoms with E-state index in [1.165, 1.54) is 0 Å². The van der Waals surface area contributed by atoms with E-state index in [0.29, 0.717) is 24.8 Å². The third-order valence-corrected chi connectivity index (χ3v) is 4.47. The van der Waals surface area contributed by atoms with Gasteiger partial charge in [-0.2, -0.15) is 4.98 Å². The van der Waals surface area contributed by atoms with E-state index in [0.717, 1.165) is 23.1 Å². The van der Waals surface area contributed by atoms with E-state index in [1.54, 1.807) is 12.4 Å². The Morgan fingerprint density at radius 1 is 1.24 bits per heavy atom. The maximum Gasteiger partial charge on any atom is 0.258 e. The summed E-state index contributed by atoms with van der Waals surface area (Å²) in [6.45, 7) is 3.31. The van der Waals surface area contributed by atoms with Crippen LogP contribution in [0.1, 0.15) is 34.1 Å². The first kappa shape index (κ1) is 15.5. The largest absolute Gasteiger partial charge is 0.338 e. The van der Waals surface area contributed by atoms with Gasteiger partial charge in [0.05, 0.1) is 0 Å². The van der Waals surface area contributed by atoms with Crippen LogP contribution in [-0.2, 0) is 0 Å². The number of amides is 1. The molecule has 1 aliphatic rings. The Balaban J connectivity index is 1.48. The average molecular weight is 334 g/mol. The number of nitrogens with zero attached hydrogens (tertiary/aromatic N) is 4. The summed E-state index contributed by atoms with van der Waals surface area (Å²) >= 11 is 0. The SMILES string of the molecule is Cc1cccc(C(=O)N2CCC(c3noc(-c4ccncc4)n3)C2)c1. The zero-order valence-electron chi connectivity index (χ0n) is 13.9. The van der Waals surface area contributed by atoms with Gasteiger partial charge in [0.2, 0.25) is 0 Å². The van der Waals surface area contributed by atoms with Gasteiger partial charge >= 0.3 is 0 Å². The number of aryl methyl sites for hydroxylation is 1. The van der Waals surface area contributed by atoms with Gasteiger partial charge in [0.25, 0.3) is 11.8 Å². The topological polar surface area (TPSA) is 72.1 Å². The smallest absolute Gasteiger partial charge is 0.258 e. The highest BCUT2D eigenvalue weighted by Gasteiger charge is 2.31. The molecule has 126 valence electrons. The van der Waals surface area contributed by atoms with Crippen molar-refractivity contribution in [2.75, 3.05) is 13.1 Å². The molecule has 1 amide bonds. The van der Waals surface area contributed by atoms with Crippen molar-refractivity contribution in [2.24, 2.45) is 0 Å². The second-order valence-electron chi connectivity index (χ2n) is 6.30. The first-order valence-corrected chi connectivity index (χ1v) is 8.30. The Hall–Kier alpha value is -3.02. The van der Waals surface area contributed by atoms with Crippen LogP contribution in [-0.4, -0.2) is 39.0 Å². The molecule has 3 aromatic rings. The van der Waals surface area contributed by atoms with Gasteiger partial charge in [-0.3, -0.25) is 9.78 Å². The van der Waals surface area contributed by atoms with Crippen molar-refractivity contribution in [3.05, 3.63) is 65.7 Å². The molecule has 1 aliphatic heterocycles. The molecule has 25 heavy (non-hydrogen) atoms. The lowest BCUT2D eigenvalue weighted by Gasteiger charge is -2.16. The highest BCUT2D eigenvalue weighted by atomic mass is 16.5. The normalized spacial score (nSPS) is 17.0. The zero-order valence-corrected chi connectivity index (χ0v) is 13.9. The summed E-state index contributed by atoms with van der Waals surface area (Å²) in [5, 5.41) is 4.11. The lowest BCUT2D eigenvalue weighted by Crippen LogP contribution is -2.28. The maximum absolute atomic E-state index is 12.7. The van der Waals surface area contributed by atoms with Gasteiger partial charge in [-0.15, -0.1) is 0 Å². The molecule has 1 unspecified atom stereocenters. The minimum Gasteiger partial charge on any atom is -0.338 e. The van der Waals surface area contributed by atoms with Gasteiger partial charge < -0.3 is 9.42 Å². The van der Waals surface area contributed by atoms with Crippen LogP contribution in [0.3, 0.4) is 0 Å². The van der Waals surface area contributed by atoms with Crippen LogP contribution < -0.4 is 0 Å². The fourth-order valence-corrected chi connectivity index (χ4v) is 3.13. The second kappa shape index (κ2) is 6.47. The monoisotopic (exact) mass is 334 g/mol. The molecular formula is C19H18N4O2. The maximum atomic E-state index is 12.7. The Bertz CT molecular complexity index is 891. The molecule has 0 spiro atoms. The standard InChI is InChI=1S/C19H18N4O2/c1-13-3-2-4-15(11-13)19(24)23-10-7-16(12-23)17-21-18(25-22-17)14-5-8-20-9-6-14/h2-6,8-9,11,16H,7,10,12H2,1H3. The molecule has 6 nitrogen and oxygen atoms in total. The number of rotatable bonds is 3. The number of carbonyl (C=O) groups excluding carboxylic acids is 1. The number of carbonyl (C=O) groups is 1. The average Bonchev–Trinajstić information content (AvgIpc) is 3.31. The summed E-state index contributed by atoms with van der Waals surface area (Å²) in [6.07, 6.45) is 4.22. The number of pyridine rings is 1. The molecule has 1 aromatic carbocycles. The molecule has 2 aromatic heterocycles.